The van der Waals surface area contributed by atoms with Crippen LogP contribution in [0.15, 0.2) is 12.1 Å². The molecule has 0 aliphatic carbocycles. The van der Waals surface area contributed by atoms with Crippen LogP contribution in [0, 0.1) is 6.92 Å². The smallest absolute Gasteiger partial charge is 0.415 e. The number of ether oxygens (including phenoxy) is 2. The normalized spacial score (nSPS) is 23.7. The number of aryl methyl sites for hydroxylation is 1. The van der Waals surface area contributed by atoms with E-state index in [-0.39, 0.29) is 18.2 Å². The molecule has 0 saturated carbocycles. The minimum absolute atomic E-state index is 0.124. The molecule has 2 atom stereocenters. The van der Waals surface area contributed by atoms with Gasteiger partial charge in [-0.2, -0.15) is 0 Å². The number of nitrogens with two attached hydrogens (primary N) is 1. The van der Waals surface area contributed by atoms with Crippen molar-refractivity contribution in [3.05, 3.63) is 23.3 Å². The van der Waals surface area contributed by atoms with Gasteiger partial charge in [0.05, 0.1) is 11.7 Å². The van der Waals surface area contributed by atoms with Gasteiger partial charge in [0.25, 0.3) is 0 Å². The summed E-state index contributed by atoms with van der Waals surface area (Å²) in [4.78, 5) is 29.5. The Hall–Kier alpha value is -2.44. The fraction of sp³-hybridized carbons (Fsp3) is 0.652. The van der Waals surface area contributed by atoms with Crippen LogP contribution in [0.1, 0.15) is 66.0 Å². The predicted molar refractivity (Wildman–Crippen MR) is 118 cm³/mol. The molecule has 0 bridgehead atoms. The molecule has 1 aromatic carbocycles. The van der Waals surface area contributed by atoms with Crippen molar-refractivity contribution in [3.8, 4) is 0 Å². The van der Waals surface area contributed by atoms with Gasteiger partial charge in [-0.25, -0.2) is 9.59 Å². The van der Waals surface area contributed by atoms with E-state index >= 15 is 0 Å². The van der Waals surface area contributed by atoms with Gasteiger partial charge in [0, 0.05) is 24.2 Å². The monoisotopic (exact) mass is 417 g/mol. The third-order valence-corrected chi connectivity index (χ3v) is 5.66. The first-order valence-corrected chi connectivity index (χ1v) is 10.5. The molecule has 2 heterocycles. The highest BCUT2D eigenvalue weighted by molar-refractivity contribution is 5.95. The van der Waals surface area contributed by atoms with Gasteiger partial charge in [-0.05, 0) is 78.1 Å². The van der Waals surface area contributed by atoms with Crippen molar-refractivity contribution in [3.63, 3.8) is 0 Å². The predicted octanol–water partition coefficient (Wildman–Crippen LogP) is 4.60. The molecule has 1 saturated heterocycles. The molecule has 0 unspecified atom stereocenters. The number of fused-ring (bicyclic) bond motifs is 3. The number of carbonyl (C=O) groups excluding carboxylic acids is 2. The molecule has 166 valence electrons. The number of piperidine rings is 1. The number of amides is 2. The fourth-order valence-corrected chi connectivity index (χ4v) is 4.59. The molecule has 30 heavy (non-hydrogen) atoms. The van der Waals surface area contributed by atoms with Crippen molar-refractivity contribution in [2.24, 2.45) is 0 Å². The number of likely N-dealkylation sites (tertiary alicyclic amines) is 1. The fourth-order valence-electron chi connectivity index (χ4n) is 4.59. The minimum Gasteiger partial charge on any atom is -0.444 e. The molecule has 1 fully saturated rings. The number of benzene rings is 1. The molecule has 0 radical (unpaired) electrons. The van der Waals surface area contributed by atoms with E-state index in [9.17, 15) is 9.59 Å². The molecule has 1 aromatic rings. The van der Waals surface area contributed by atoms with Crippen molar-refractivity contribution in [1.82, 2.24) is 4.90 Å². The first kappa shape index (κ1) is 22.2. The standard InChI is InChI=1S/C23H35N3O4/c1-14-11-15(24)12-16-18(14)26(20(28)30-22(5,6)7)17-9-10-25(13-23(16,17)8)19(27)29-21(2,3)4/h11-12,17H,9-10,13,24H2,1-8H3/t17-,23-/m0/s1. The van der Waals surface area contributed by atoms with Gasteiger partial charge in [-0.3, -0.25) is 4.90 Å². The largest absolute Gasteiger partial charge is 0.444 e. The topological polar surface area (TPSA) is 85.1 Å². The van der Waals surface area contributed by atoms with Crippen LogP contribution in [0.4, 0.5) is 21.0 Å². The van der Waals surface area contributed by atoms with Crippen LogP contribution < -0.4 is 10.6 Å². The molecule has 3 rings (SSSR count). The second-order valence-electron chi connectivity index (χ2n) is 10.7. The molecule has 0 spiro atoms. The van der Waals surface area contributed by atoms with E-state index in [0.717, 1.165) is 16.8 Å². The van der Waals surface area contributed by atoms with Crippen LogP contribution in [0.2, 0.25) is 0 Å². The third kappa shape index (κ3) is 4.07. The van der Waals surface area contributed by atoms with Crippen LogP contribution in [0.5, 0.6) is 0 Å². The first-order valence-electron chi connectivity index (χ1n) is 10.5. The Morgan fingerprint density at radius 1 is 1.07 bits per heavy atom. The Morgan fingerprint density at radius 3 is 2.20 bits per heavy atom. The first-order chi connectivity index (χ1) is 13.6. The highest BCUT2D eigenvalue weighted by Gasteiger charge is 2.55. The quantitative estimate of drug-likeness (QED) is 0.624. The highest BCUT2D eigenvalue weighted by Crippen LogP contribution is 2.51. The molecule has 7 nitrogen and oxygen atoms in total. The lowest BCUT2D eigenvalue weighted by Gasteiger charge is -2.44. The number of carbonyl (C=O) groups is 2. The van der Waals surface area contributed by atoms with Crippen molar-refractivity contribution >= 4 is 23.6 Å². The summed E-state index contributed by atoms with van der Waals surface area (Å²) in [5.74, 6) is 0. The SMILES string of the molecule is Cc1cc(N)cc2c1N(C(=O)OC(C)(C)C)[C@H]1CCN(C(=O)OC(C)(C)C)C[C@@]21C. The molecular weight excluding hydrogens is 382 g/mol. The summed E-state index contributed by atoms with van der Waals surface area (Å²) in [5.41, 5.74) is 7.93. The second-order valence-corrected chi connectivity index (χ2v) is 10.7. The van der Waals surface area contributed by atoms with Crippen LogP contribution in [0.3, 0.4) is 0 Å². The molecule has 0 aromatic heterocycles. The maximum atomic E-state index is 13.2. The van der Waals surface area contributed by atoms with Gasteiger partial charge in [0.15, 0.2) is 0 Å². The van der Waals surface area contributed by atoms with Gasteiger partial charge in [-0.15, -0.1) is 0 Å². The van der Waals surface area contributed by atoms with E-state index in [0.29, 0.717) is 25.2 Å². The summed E-state index contributed by atoms with van der Waals surface area (Å²) in [6, 6.07) is 3.68. The number of nitrogen functional groups attached to an aromatic ring is 1. The lowest BCUT2D eigenvalue weighted by molar-refractivity contribution is 0.0124. The van der Waals surface area contributed by atoms with Crippen molar-refractivity contribution in [2.45, 2.75) is 84.5 Å². The van der Waals surface area contributed by atoms with Gasteiger partial charge >= 0.3 is 12.2 Å². The van der Waals surface area contributed by atoms with Gasteiger partial charge in [-0.1, -0.05) is 6.92 Å². The van der Waals surface area contributed by atoms with Crippen molar-refractivity contribution < 1.29 is 19.1 Å². The van der Waals surface area contributed by atoms with E-state index in [1.54, 1.807) is 9.80 Å². The Balaban J connectivity index is 2.02. The number of anilines is 2. The number of hydrogen-bond acceptors (Lipinski definition) is 5. The molecule has 2 N–H and O–H groups in total. The number of nitrogens with zero attached hydrogens (tertiary/aromatic N) is 2. The average Bonchev–Trinajstić information content (AvgIpc) is 2.80. The number of hydrogen-bond donors (Lipinski definition) is 1. The van der Waals surface area contributed by atoms with Gasteiger partial charge in [0.1, 0.15) is 11.2 Å². The van der Waals surface area contributed by atoms with Crippen molar-refractivity contribution in [2.75, 3.05) is 23.7 Å². The van der Waals surface area contributed by atoms with E-state index in [2.05, 4.69) is 6.92 Å². The molecule has 2 amide bonds. The highest BCUT2D eigenvalue weighted by atomic mass is 16.6. The van der Waals surface area contributed by atoms with Crippen LogP contribution in [-0.4, -0.2) is 47.4 Å². The zero-order chi connectivity index (χ0) is 22.6. The lowest BCUT2D eigenvalue weighted by Crippen LogP contribution is -2.58. The van der Waals surface area contributed by atoms with Crippen LogP contribution >= 0.6 is 0 Å². The second kappa shape index (κ2) is 7.06. The average molecular weight is 418 g/mol. The third-order valence-electron chi connectivity index (χ3n) is 5.66. The van der Waals surface area contributed by atoms with E-state index in [4.69, 9.17) is 15.2 Å². The summed E-state index contributed by atoms with van der Waals surface area (Å²) in [6.07, 6.45) is -0.0700. The van der Waals surface area contributed by atoms with Crippen LogP contribution in [0.25, 0.3) is 0 Å². The summed E-state index contributed by atoms with van der Waals surface area (Å²) < 4.78 is 11.4. The Morgan fingerprint density at radius 2 is 1.63 bits per heavy atom. The maximum absolute atomic E-state index is 13.2. The number of rotatable bonds is 0. The summed E-state index contributed by atoms with van der Waals surface area (Å²) in [7, 11) is 0. The van der Waals surface area contributed by atoms with Gasteiger partial charge < -0.3 is 20.1 Å². The van der Waals surface area contributed by atoms with Gasteiger partial charge in [0.2, 0.25) is 0 Å². The van der Waals surface area contributed by atoms with E-state index < -0.39 is 16.6 Å². The Labute approximate surface area is 179 Å². The molecule has 2 aliphatic rings. The van der Waals surface area contributed by atoms with E-state index in [1.807, 2.05) is 60.6 Å². The Bertz CT molecular complexity index is 868. The molecular formula is C23H35N3O4. The minimum atomic E-state index is -0.602. The molecule has 2 aliphatic heterocycles. The maximum Gasteiger partial charge on any atom is 0.415 e. The van der Waals surface area contributed by atoms with Crippen LogP contribution in [-0.2, 0) is 14.9 Å². The summed E-state index contributed by atoms with van der Waals surface area (Å²) >= 11 is 0. The van der Waals surface area contributed by atoms with Crippen molar-refractivity contribution in [1.29, 1.82) is 0 Å². The summed E-state index contributed by atoms with van der Waals surface area (Å²) in [6.45, 7) is 16.2. The Kier molecular flexibility index (Phi) is 5.24. The van der Waals surface area contributed by atoms with E-state index in [1.165, 1.54) is 0 Å². The lowest BCUT2D eigenvalue weighted by atomic mass is 9.74. The zero-order valence-electron chi connectivity index (χ0n) is 19.5. The zero-order valence-corrected chi connectivity index (χ0v) is 19.5. The summed E-state index contributed by atoms with van der Waals surface area (Å²) in [5, 5.41) is 0. The molecule has 7 heteroatoms.